The van der Waals surface area contributed by atoms with E-state index < -0.39 is 0 Å². The van der Waals surface area contributed by atoms with Crippen LogP contribution in [0.3, 0.4) is 0 Å². The summed E-state index contributed by atoms with van der Waals surface area (Å²) >= 11 is 6.50. The first-order valence-corrected chi connectivity index (χ1v) is 11.6. The van der Waals surface area contributed by atoms with Gasteiger partial charge in [-0.3, -0.25) is 4.79 Å². The topological polar surface area (TPSA) is 61.3 Å². The van der Waals surface area contributed by atoms with E-state index in [2.05, 4.69) is 37.9 Å². The highest BCUT2D eigenvalue weighted by Crippen LogP contribution is 2.40. The average Bonchev–Trinajstić information content (AvgIpc) is 2.74. The zero-order chi connectivity index (χ0) is 23.6. The molecule has 1 aliphatic rings. The number of benzene rings is 2. The zero-order valence-electron chi connectivity index (χ0n) is 19.5. The van der Waals surface area contributed by atoms with Gasteiger partial charge >= 0.3 is 0 Å². The molecular weight excluding hydrogens is 436 g/mol. The van der Waals surface area contributed by atoms with Crippen molar-refractivity contribution in [1.29, 1.82) is 0 Å². The molecule has 0 atom stereocenters. The van der Waals surface area contributed by atoms with E-state index in [0.717, 1.165) is 24.0 Å². The Morgan fingerprint density at radius 1 is 1.03 bits per heavy atom. The van der Waals surface area contributed by atoms with Crippen molar-refractivity contribution in [2.24, 2.45) is 5.92 Å². The molecule has 1 aliphatic heterocycles. The van der Waals surface area contributed by atoms with Crippen LogP contribution in [-0.2, 0) is 4.74 Å². The number of nitrogens with zero attached hydrogens (tertiary/aromatic N) is 2. The summed E-state index contributed by atoms with van der Waals surface area (Å²) in [5.74, 6) is 1.52. The molecule has 4 rings (SSSR count). The molecular formula is C27H29ClN2O3. The molecule has 6 heteroatoms. The number of hydrogen-bond acceptors (Lipinski definition) is 5. The van der Waals surface area contributed by atoms with Crippen molar-refractivity contribution in [3.63, 3.8) is 0 Å². The fourth-order valence-corrected chi connectivity index (χ4v) is 5.12. The molecule has 5 nitrogen and oxygen atoms in total. The maximum Gasteiger partial charge on any atom is 0.163 e. The van der Waals surface area contributed by atoms with Crippen molar-refractivity contribution in [3.05, 3.63) is 71.5 Å². The van der Waals surface area contributed by atoms with Gasteiger partial charge in [0.15, 0.2) is 5.78 Å². The normalized spacial score (nSPS) is 17.5. The molecule has 1 aromatic heterocycles. The molecule has 1 saturated heterocycles. The smallest absolute Gasteiger partial charge is 0.163 e. The third-order valence-electron chi connectivity index (χ3n) is 5.82. The second kappa shape index (κ2) is 9.24. The van der Waals surface area contributed by atoms with E-state index in [1.165, 1.54) is 0 Å². The largest absolute Gasteiger partial charge is 0.456 e. The number of ether oxygens (including phenoxy) is 2. The van der Waals surface area contributed by atoms with Gasteiger partial charge in [-0.25, -0.2) is 0 Å². The van der Waals surface area contributed by atoms with Crippen molar-refractivity contribution in [3.8, 4) is 22.6 Å². The summed E-state index contributed by atoms with van der Waals surface area (Å²) in [6.45, 7) is 8.37. The first-order chi connectivity index (χ1) is 15.6. The van der Waals surface area contributed by atoms with Crippen molar-refractivity contribution in [1.82, 2.24) is 10.2 Å². The lowest BCUT2D eigenvalue weighted by atomic mass is 9.78. The predicted molar refractivity (Wildman–Crippen MR) is 130 cm³/mol. The molecule has 172 valence electrons. The average molecular weight is 465 g/mol. The third kappa shape index (κ3) is 5.98. The monoisotopic (exact) mass is 464 g/mol. The maximum absolute atomic E-state index is 13.0. The molecule has 2 heterocycles. The fourth-order valence-electron chi connectivity index (χ4n) is 4.90. The molecule has 0 saturated carbocycles. The van der Waals surface area contributed by atoms with E-state index in [4.69, 9.17) is 21.1 Å². The van der Waals surface area contributed by atoms with Crippen LogP contribution in [0.2, 0.25) is 5.02 Å². The Morgan fingerprint density at radius 2 is 1.79 bits per heavy atom. The van der Waals surface area contributed by atoms with Gasteiger partial charge in [0, 0.05) is 17.5 Å². The summed E-state index contributed by atoms with van der Waals surface area (Å²) in [6.07, 6.45) is 5.56. The van der Waals surface area contributed by atoms with Gasteiger partial charge < -0.3 is 9.47 Å². The molecule has 0 bridgehead atoms. The van der Waals surface area contributed by atoms with Crippen molar-refractivity contribution in [2.45, 2.75) is 58.2 Å². The van der Waals surface area contributed by atoms with E-state index in [-0.39, 0.29) is 22.9 Å². The molecule has 0 unspecified atom stereocenters. The number of carbonyl (C=O) groups excluding carboxylic acids is 1. The zero-order valence-corrected chi connectivity index (χ0v) is 20.2. The Kier molecular flexibility index (Phi) is 6.55. The van der Waals surface area contributed by atoms with Gasteiger partial charge in [0.25, 0.3) is 0 Å². The Balaban J connectivity index is 1.46. The second-order valence-corrected chi connectivity index (χ2v) is 10.3. The van der Waals surface area contributed by atoms with Crippen LogP contribution in [0.5, 0.6) is 11.5 Å². The standard InChI is InChI=1S/C27H29ClN2O3/c1-26(2)15-18(16-27(3,4)33-26)12-24(31)20-8-9-25(23(28)14-20)32-22-7-5-6-19(13-22)21-10-11-29-30-17-21/h5-11,13-14,17-18H,12,15-16H2,1-4H3. The summed E-state index contributed by atoms with van der Waals surface area (Å²) in [6, 6.07) is 14.8. The van der Waals surface area contributed by atoms with Gasteiger partial charge in [-0.05, 0) is 88.4 Å². The van der Waals surface area contributed by atoms with Crippen molar-refractivity contribution in [2.75, 3.05) is 0 Å². The Bertz CT molecular complexity index is 1130. The molecule has 33 heavy (non-hydrogen) atoms. The minimum absolute atomic E-state index is 0.0918. The van der Waals surface area contributed by atoms with Gasteiger partial charge in [0.2, 0.25) is 0 Å². The number of Topliss-reactive ketones (excluding diaryl/α,β-unsaturated/α-hetero) is 1. The second-order valence-electron chi connectivity index (χ2n) is 9.93. The van der Waals surface area contributed by atoms with E-state index in [1.807, 2.05) is 30.3 Å². The number of halogens is 1. The molecule has 0 radical (unpaired) electrons. The summed E-state index contributed by atoms with van der Waals surface area (Å²) < 4.78 is 12.2. The first kappa shape index (κ1) is 23.4. The molecule has 0 aliphatic carbocycles. The summed E-state index contributed by atoms with van der Waals surface area (Å²) in [4.78, 5) is 13.0. The number of ketones is 1. The minimum atomic E-state index is -0.233. The van der Waals surface area contributed by atoms with Crippen LogP contribution in [0.15, 0.2) is 60.9 Å². The van der Waals surface area contributed by atoms with Crippen LogP contribution in [0.1, 0.15) is 57.3 Å². The van der Waals surface area contributed by atoms with Gasteiger partial charge in [0.1, 0.15) is 11.5 Å². The van der Waals surface area contributed by atoms with E-state index in [9.17, 15) is 4.79 Å². The lowest BCUT2D eigenvalue weighted by molar-refractivity contribution is -0.171. The van der Waals surface area contributed by atoms with Crippen LogP contribution in [0.25, 0.3) is 11.1 Å². The minimum Gasteiger partial charge on any atom is -0.456 e. The SMILES string of the molecule is CC1(C)CC(CC(=O)c2ccc(Oc3cccc(-c4ccnnc4)c3)c(Cl)c2)CC(C)(C)O1. The number of rotatable bonds is 6. The molecule has 0 amide bonds. The van der Waals surface area contributed by atoms with Crippen molar-refractivity contribution < 1.29 is 14.3 Å². The quantitative estimate of drug-likeness (QED) is 0.362. The number of hydrogen-bond donors (Lipinski definition) is 0. The summed E-state index contributed by atoms with van der Waals surface area (Å²) in [5, 5.41) is 8.14. The van der Waals surface area contributed by atoms with E-state index in [0.29, 0.717) is 28.5 Å². The van der Waals surface area contributed by atoms with E-state index >= 15 is 0 Å². The summed E-state index contributed by atoms with van der Waals surface area (Å²) in [5.41, 5.74) is 2.05. The van der Waals surface area contributed by atoms with Crippen molar-refractivity contribution >= 4 is 17.4 Å². The maximum atomic E-state index is 13.0. The van der Waals surface area contributed by atoms with Crippen LogP contribution in [0, 0.1) is 5.92 Å². The first-order valence-electron chi connectivity index (χ1n) is 11.2. The fraction of sp³-hybridized carbons (Fsp3) is 0.370. The third-order valence-corrected chi connectivity index (χ3v) is 6.12. The summed E-state index contributed by atoms with van der Waals surface area (Å²) in [7, 11) is 0. The number of carbonyl (C=O) groups is 1. The highest BCUT2D eigenvalue weighted by Gasteiger charge is 2.39. The Labute approximate surface area is 200 Å². The van der Waals surface area contributed by atoms with Gasteiger partial charge in [0.05, 0.1) is 28.6 Å². The predicted octanol–water partition coefficient (Wildman–Crippen LogP) is 7.15. The molecule has 3 aromatic rings. The lowest BCUT2D eigenvalue weighted by Crippen LogP contribution is -2.45. The molecule has 0 N–H and O–H groups in total. The Morgan fingerprint density at radius 3 is 2.45 bits per heavy atom. The lowest BCUT2D eigenvalue weighted by Gasteiger charge is -2.45. The number of aromatic nitrogens is 2. The van der Waals surface area contributed by atoms with Gasteiger partial charge in [-0.1, -0.05) is 23.7 Å². The van der Waals surface area contributed by atoms with Gasteiger partial charge in [-0.2, -0.15) is 10.2 Å². The van der Waals surface area contributed by atoms with Crippen LogP contribution >= 0.6 is 11.6 Å². The Hall–Kier alpha value is -2.76. The highest BCUT2D eigenvalue weighted by atomic mass is 35.5. The van der Waals surface area contributed by atoms with Crippen LogP contribution < -0.4 is 4.74 Å². The van der Waals surface area contributed by atoms with E-state index in [1.54, 1.807) is 30.6 Å². The van der Waals surface area contributed by atoms with Crippen LogP contribution in [0.4, 0.5) is 0 Å². The molecule has 0 spiro atoms. The molecule has 1 fully saturated rings. The molecule has 2 aromatic carbocycles. The van der Waals surface area contributed by atoms with Gasteiger partial charge in [-0.15, -0.1) is 0 Å². The highest BCUT2D eigenvalue weighted by molar-refractivity contribution is 6.32. The van der Waals surface area contributed by atoms with Crippen LogP contribution in [-0.4, -0.2) is 27.2 Å².